The third-order valence-electron chi connectivity index (χ3n) is 5.93. The third kappa shape index (κ3) is 7.33. The minimum absolute atomic E-state index is 0.0955. The highest BCUT2D eigenvalue weighted by atomic mass is 19.1. The van der Waals surface area contributed by atoms with Crippen LogP contribution in [0.1, 0.15) is 27.9 Å². The Morgan fingerprint density at radius 3 is 2.42 bits per heavy atom. The number of methoxy groups -OCH3 is 1. The number of carbonyl (C=O) groups is 2. The van der Waals surface area contributed by atoms with E-state index in [9.17, 15) is 18.4 Å². The Hall–Kier alpha value is -2.84. The quantitative estimate of drug-likeness (QED) is 0.582. The van der Waals surface area contributed by atoms with Crippen molar-refractivity contribution in [2.75, 3.05) is 40.3 Å². The average molecular weight is 460 g/mol. The van der Waals surface area contributed by atoms with Gasteiger partial charge >= 0.3 is 6.03 Å². The summed E-state index contributed by atoms with van der Waals surface area (Å²) < 4.78 is 32.9. The minimum atomic E-state index is -1.14. The monoisotopic (exact) mass is 459 g/mol. The Bertz CT molecular complexity index is 921. The van der Waals surface area contributed by atoms with E-state index in [2.05, 4.69) is 5.32 Å². The van der Waals surface area contributed by atoms with E-state index in [0.717, 1.165) is 11.1 Å². The molecule has 1 aliphatic heterocycles. The number of hydrogen-bond donors (Lipinski definition) is 1. The van der Waals surface area contributed by atoms with Gasteiger partial charge in [-0.3, -0.25) is 9.69 Å². The van der Waals surface area contributed by atoms with Crippen LogP contribution in [0.15, 0.2) is 48.5 Å². The second kappa shape index (κ2) is 11.9. The van der Waals surface area contributed by atoms with Crippen molar-refractivity contribution in [1.29, 1.82) is 0 Å². The number of ketones is 1. The zero-order chi connectivity index (χ0) is 23.8. The van der Waals surface area contributed by atoms with E-state index in [1.807, 2.05) is 24.3 Å². The largest absolute Gasteiger partial charge is 0.380 e. The van der Waals surface area contributed by atoms with Crippen LogP contribution in [0.4, 0.5) is 13.6 Å². The van der Waals surface area contributed by atoms with Crippen LogP contribution in [0.2, 0.25) is 0 Å². The maximum atomic E-state index is 14.8. The Morgan fingerprint density at radius 1 is 1.12 bits per heavy atom. The van der Waals surface area contributed by atoms with E-state index in [1.54, 1.807) is 19.1 Å². The molecule has 178 valence electrons. The maximum absolute atomic E-state index is 14.8. The summed E-state index contributed by atoms with van der Waals surface area (Å²) in [6.45, 7) is 2.04. The zero-order valence-electron chi connectivity index (χ0n) is 19.1. The number of nitrogens with zero attached hydrogens (tertiary/aromatic N) is 2. The van der Waals surface area contributed by atoms with Gasteiger partial charge in [0, 0.05) is 45.3 Å². The fraction of sp³-hybridized carbons (Fsp3) is 0.440. The molecule has 0 radical (unpaired) electrons. The molecule has 0 aromatic heterocycles. The Kier molecular flexibility index (Phi) is 8.91. The number of hydrogen-bond acceptors (Lipinski definition) is 4. The maximum Gasteiger partial charge on any atom is 0.317 e. The van der Waals surface area contributed by atoms with Crippen LogP contribution >= 0.6 is 0 Å². The Labute approximate surface area is 193 Å². The molecule has 1 fully saturated rings. The molecule has 1 aliphatic rings. The summed E-state index contributed by atoms with van der Waals surface area (Å²) in [5.41, 5.74) is 2.45. The number of likely N-dealkylation sites (tertiary alicyclic amines) is 1. The molecule has 3 rings (SSSR count). The van der Waals surface area contributed by atoms with E-state index >= 15 is 0 Å². The number of alkyl halides is 1. The molecule has 0 bridgehead atoms. The van der Waals surface area contributed by atoms with Crippen molar-refractivity contribution in [3.05, 3.63) is 71.0 Å². The van der Waals surface area contributed by atoms with Crippen LogP contribution in [0.5, 0.6) is 0 Å². The molecule has 1 heterocycles. The molecule has 2 unspecified atom stereocenters. The first kappa shape index (κ1) is 24.8. The molecule has 0 aliphatic carbocycles. The molecule has 1 saturated heterocycles. The van der Waals surface area contributed by atoms with Crippen molar-refractivity contribution in [1.82, 2.24) is 15.1 Å². The lowest BCUT2D eigenvalue weighted by Gasteiger charge is -2.36. The fourth-order valence-corrected chi connectivity index (χ4v) is 3.96. The van der Waals surface area contributed by atoms with E-state index in [0.29, 0.717) is 38.2 Å². The normalized spacial score (nSPS) is 18.7. The summed E-state index contributed by atoms with van der Waals surface area (Å²) in [4.78, 5) is 28.1. The molecule has 0 saturated carbocycles. The van der Waals surface area contributed by atoms with E-state index in [-0.39, 0.29) is 30.8 Å². The van der Waals surface area contributed by atoms with Gasteiger partial charge in [0.15, 0.2) is 5.78 Å². The number of halogens is 2. The first-order valence-electron chi connectivity index (χ1n) is 11.1. The van der Waals surface area contributed by atoms with Gasteiger partial charge < -0.3 is 15.0 Å². The first-order valence-corrected chi connectivity index (χ1v) is 11.1. The number of ether oxygens (including phenoxy) is 1. The average Bonchev–Trinajstić information content (AvgIpc) is 2.80. The predicted molar refractivity (Wildman–Crippen MR) is 122 cm³/mol. The summed E-state index contributed by atoms with van der Waals surface area (Å²) in [7, 11) is 3.30. The van der Waals surface area contributed by atoms with Gasteiger partial charge in [0.05, 0.1) is 13.2 Å². The summed E-state index contributed by atoms with van der Waals surface area (Å²) in [5, 5.41) is 2.86. The molecular weight excluding hydrogens is 428 g/mol. The van der Waals surface area contributed by atoms with E-state index in [1.165, 1.54) is 29.2 Å². The smallest absolute Gasteiger partial charge is 0.317 e. The van der Waals surface area contributed by atoms with Crippen LogP contribution in [0, 0.1) is 11.7 Å². The van der Waals surface area contributed by atoms with Crippen molar-refractivity contribution in [2.45, 2.75) is 25.7 Å². The fourth-order valence-electron chi connectivity index (χ4n) is 3.96. The summed E-state index contributed by atoms with van der Waals surface area (Å²) in [5.74, 6) is -0.844. The lowest BCUT2D eigenvalue weighted by molar-refractivity contribution is 0.0633. The standard InChI is InChI=1S/C25H31F2N3O3/c1-29(25(32)28-13-18-3-5-19(6-4-18)17-33-2)14-21-11-12-30(15-23(21)27)16-24(31)20-7-9-22(26)10-8-20/h3-10,21,23H,11-17H2,1-2H3,(H,28,32). The molecule has 2 amide bonds. The molecule has 1 N–H and O–H groups in total. The van der Waals surface area contributed by atoms with Crippen LogP contribution < -0.4 is 5.32 Å². The van der Waals surface area contributed by atoms with E-state index in [4.69, 9.17) is 4.74 Å². The predicted octanol–water partition coefficient (Wildman–Crippen LogP) is 3.66. The zero-order valence-corrected chi connectivity index (χ0v) is 19.1. The lowest BCUT2D eigenvalue weighted by atomic mass is 9.94. The van der Waals surface area contributed by atoms with Crippen molar-refractivity contribution in [2.24, 2.45) is 5.92 Å². The van der Waals surface area contributed by atoms with Gasteiger partial charge in [-0.15, -0.1) is 0 Å². The van der Waals surface area contributed by atoms with Crippen LogP contribution in [0.3, 0.4) is 0 Å². The SMILES string of the molecule is COCc1ccc(CNC(=O)N(C)CC2CCN(CC(=O)c3ccc(F)cc3)CC2F)cc1. The molecule has 2 aromatic carbocycles. The molecule has 2 aromatic rings. The number of Topliss-reactive ketones (excluding diaryl/α,β-unsaturated/α-hetero) is 1. The van der Waals surface area contributed by atoms with Crippen molar-refractivity contribution in [3.63, 3.8) is 0 Å². The van der Waals surface area contributed by atoms with E-state index < -0.39 is 12.0 Å². The number of rotatable bonds is 9. The third-order valence-corrected chi connectivity index (χ3v) is 5.93. The number of nitrogens with one attached hydrogen (secondary N) is 1. The molecule has 33 heavy (non-hydrogen) atoms. The number of urea groups is 1. The highest BCUT2D eigenvalue weighted by Crippen LogP contribution is 2.22. The second-order valence-electron chi connectivity index (χ2n) is 8.52. The van der Waals surface area contributed by atoms with Gasteiger partial charge in [0.25, 0.3) is 0 Å². The second-order valence-corrected chi connectivity index (χ2v) is 8.52. The number of amides is 2. The lowest BCUT2D eigenvalue weighted by Crippen LogP contribution is -2.48. The van der Waals surface area contributed by atoms with Crippen LogP contribution in [-0.4, -0.2) is 68.1 Å². The van der Waals surface area contributed by atoms with Crippen molar-refractivity contribution >= 4 is 11.8 Å². The molecular formula is C25H31F2N3O3. The van der Waals surface area contributed by atoms with Gasteiger partial charge in [-0.1, -0.05) is 24.3 Å². The van der Waals surface area contributed by atoms with Gasteiger partial charge in [-0.25, -0.2) is 13.6 Å². The summed E-state index contributed by atoms with van der Waals surface area (Å²) in [6.07, 6.45) is -0.584. The molecule has 6 nitrogen and oxygen atoms in total. The van der Waals surface area contributed by atoms with Gasteiger partial charge in [0.2, 0.25) is 0 Å². The molecule has 0 spiro atoms. The number of benzene rings is 2. The van der Waals surface area contributed by atoms with Crippen molar-refractivity contribution in [3.8, 4) is 0 Å². The minimum Gasteiger partial charge on any atom is -0.380 e. The van der Waals surface area contributed by atoms with Gasteiger partial charge in [-0.2, -0.15) is 0 Å². The summed E-state index contributed by atoms with van der Waals surface area (Å²) in [6, 6.07) is 12.9. The Morgan fingerprint density at radius 2 is 1.79 bits per heavy atom. The summed E-state index contributed by atoms with van der Waals surface area (Å²) >= 11 is 0. The highest BCUT2D eigenvalue weighted by Gasteiger charge is 2.31. The Balaban J connectivity index is 1.42. The number of piperidine rings is 1. The topological polar surface area (TPSA) is 61.9 Å². The van der Waals surface area contributed by atoms with Gasteiger partial charge in [-0.05, 0) is 48.4 Å². The van der Waals surface area contributed by atoms with Gasteiger partial charge in [0.1, 0.15) is 12.0 Å². The van der Waals surface area contributed by atoms with Crippen molar-refractivity contribution < 1.29 is 23.1 Å². The number of carbonyl (C=O) groups excluding carboxylic acids is 2. The molecule has 8 heteroatoms. The first-order chi connectivity index (χ1) is 15.9. The van der Waals surface area contributed by atoms with Crippen LogP contribution in [-0.2, 0) is 17.9 Å². The highest BCUT2D eigenvalue weighted by molar-refractivity contribution is 5.97. The molecule has 2 atom stereocenters. The van der Waals surface area contributed by atoms with Crippen LogP contribution in [0.25, 0.3) is 0 Å².